The van der Waals surface area contributed by atoms with E-state index in [1.54, 1.807) is 36.4 Å². The van der Waals surface area contributed by atoms with Crippen molar-refractivity contribution in [1.82, 2.24) is 13.5 Å². The number of hydrogen-bond acceptors (Lipinski definition) is 8. The van der Waals surface area contributed by atoms with Crippen molar-refractivity contribution < 1.29 is 17.9 Å². The van der Waals surface area contributed by atoms with Gasteiger partial charge in [-0.05, 0) is 61.8 Å². The fraction of sp³-hybridized carbons (Fsp3) is 0.316. The summed E-state index contributed by atoms with van der Waals surface area (Å²) >= 11 is 2.48. The molecule has 0 radical (unpaired) electrons. The minimum absolute atomic E-state index is 0.0109. The number of ether oxygens (including phenoxy) is 1. The molecule has 8 nitrogen and oxygen atoms in total. The molecule has 11 heteroatoms. The topological polar surface area (TPSA) is 110 Å². The number of nitrogens with zero attached hydrogens (tertiary/aromatic N) is 2. The number of sulfonamides is 1. The van der Waals surface area contributed by atoms with Crippen molar-refractivity contribution >= 4 is 56.1 Å². The molecule has 0 bridgehead atoms. The van der Waals surface area contributed by atoms with Gasteiger partial charge in [-0.3, -0.25) is 4.79 Å². The van der Waals surface area contributed by atoms with E-state index in [-0.39, 0.29) is 4.90 Å². The molecule has 0 aliphatic heterocycles. The second-order valence-corrected chi connectivity index (χ2v) is 9.49. The number of thioether (sulfide) groups is 1. The Balaban J connectivity index is 1.79. The Morgan fingerprint density at radius 1 is 1.20 bits per heavy atom. The molecule has 0 unspecified atom stereocenters. The van der Waals surface area contributed by atoms with Gasteiger partial charge in [0.2, 0.25) is 15.9 Å². The summed E-state index contributed by atoms with van der Waals surface area (Å²) in [6.45, 7) is 2.44. The van der Waals surface area contributed by atoms with Crippen LogP contribution < -0.4 is 14.8 Å². The van der Waals surface area contributed by atoms with Crippen LogP contribution in [-0.4, -0.2) is 47.7 Å². The number of hydrogen-bond donors (Lipinski definition) is 2. The highest BCUT2D eigenvalue weighted by Gasteiger charge is 2.27. The second kappa shape index (κ2) is 10.2. The minimum atomic E-state index is -3.97. The summed E-state index contributed by atoms with van der Waals surface area (Å²) in [6.07, 6.45) is 2.24. The van der Waals surface area contributed by atoms with Crippen LogP contribution in [0.3, 0.4) is 0 Å². The second-order valence-electron chi connectivity index (χ2n) is 6.29. The zero-order valence-corrected chi connectivity index (χ0v) is 18.9. The van der Waals surface area contributed by atoms with E-state index in [4.69, 9.17) is 4.74 Å². The smallest absolute Gasteiger partial charge is 0.243 e. The summed E-state index contributed by atoms with van der Waals surface area (Å²) in [5.41, 5.74) is 1.36. The Hall–Kier alpha value is -2.21. The van der Waals surface area contributed by atoms with Gasteiger partial charge in [0.05, 0.1) is 18.3 Å². The van der Waals surface area contributed by atoms with E-state index >= 15 is 0 Å². The molecule has 1 atom stereocenters. The molecule has 1 heterocycles. The zero-order chi connectivity index (χ0) is 21.6. The summed E-state index contributed by atoms with van der Waals surface area (Å²) in [6, 6.07) is 10.7. The molecule has 160 valence electrons. The number of carbonyl (C=O) groups excluding carboxylic acids is 1. The molecule has 0 saturated carbocycles. The molecule has 1 aromatic heterocycles. The van der Waals surface area contributed by atoms with Gasteiger partial charge in [-0.25, -0.2) is 8.42 Å². The van der Waals surface area contributed by atoms with E-state index in [0.29, 0.717) is 41.3 Å². The molecule has 2 aromatic carbocycles. The van der Waals surface area contributed by atoms with Crippen LogP contribution in [0.5, 0.6) is 5.75 Å². The summed E-state index contributed by atoms with van der Waals surface area (Å²) in [5, 5.41) is 2.77. The number of amides is 1. The number of rotatable bonds is 10. The minimum Gasteiger partial charge on any atom is -0.494 e. The van der Waals surface area contributed by atoms with Crippen LogP contribution in [0.4, 0.5) is 5.69 Å². The van der Waals surface area contributed by atoms with Crippen LogP contribution >= 0.6 is 23.5 Å². The Morgan fingerprint density at radius 3 is 2.67 bits per heavy atom. The average molecular weight is 467 g/mol. The quantitative estimate of drug-likeness (QED) is 0.472. The third-order valence-corrected chi connectivity index (χ3v) is 6.89. The first-order chi connectivity index (χ1) is 14.4. The Labute approximate surface area is 183 Å². The van der Waals surface area contributed by atoms with Gasteiger partial charge in [0.25, 0.3) is 0 Å². The van der Waals surface area contributed by atoms with E-state index < -0.39 is 22.0 Å². The van der Waals surface area contributed by atoms with E-state index in [1.807, 2.05) is 13.2 Å². The van der Waals surface area contributed by atoms with E-state index in [1.165, 1.54) is 17.8 Å². The number of fused-ring (bicyclic) bond motifs is 1. The average Bonchev–Trinajstić information content (AvgIpc) is 3.21. The maximum atomic E-state index is 13.0. The van der Waals surface area contributed by atoms with E-state index in [9.17, 15) is 13.2 Å². The lowest BCUT2D eigenvalue weighted by molar-refractivity contribution is -0.117. The summed E-state index contributed by atoms with van der Waals surface area (Å²) in [5.74, 6) is 0.882. The summed E-state index contributed by atoms with van der Waals surface area (Å²) < 4.78 is 42.1. The third kappa shape index (κ3) is 5.48. The predicted octanol–water partition coefficient (Wildman–Crippen LogP) is 3.13. The van der Waals surface area contributed by atoms with Gasteiger partial charge in [-0.1, -0.05) is 6.07 Å². The number of anilines is 1. The van der Waals surface area contributed by atoms with Crippen molar-refractivity contribution in [2.45, 2.75) is 24.3 Å². The molecular formula is C19H22N4O4S3. The van der Waals surface area contributed by atoms with Gasteiger partial charge in [0, 0.05) is 5.69 Å². The molecule has 2 N–H and O–H groups in total. The molecule has 0 aliphatic carbocycles. The fourth-order valence-electron chi connectivity index (χ4n) is 2.76. The van der Waals surface area contributed by atoms with Crippen molar-refractivity contribution in [2.24, 2.45) is 0 Å². The zero-order valence-electron chi connectivity index (χ0n) is 16.5. The SMILES string of the molecule is CCOc1ccc(NC(=O)[C@H](CCSC)NS(=O)(=O)c2cccc3nsnc23)cc1. The molecule has 30 heavy (non-hydrogen) atoms. The summed E-state index contributed by atoms with van der Waals surface area (Å²) in [4.78, 5) is 12.9. The van der Waals surface area contributed by atoms with Crippen LogP contribution in [0.25, 0.3) is 11.0 Å². The highest BCUT2D eigenvalue weighted by atomic mass is 32.2. The predicted molar refractivity (Wildman–Crippen MR) is 121 cm³/mol. The first kappa shape index (κ1) is 22.5. The number of benzene rings is 2. The monoisotopic (exact) mass is 466 g/mol. The fourth-order valence-corrected chi connectivity index (χ4v) is 5.23. The highest BCUT2D eigenvalue weighted by molar-refractivity contribution is 7.98. The molecule has 0 saturated heterocycles. The van der Waals surface area contributed by atoms with Gasteiger partial charge in [0.1, 0.15) is 27.7 Å². The van der Waals surface area contributed by atoms with Gasteiger partial charge in [-0.2, -0.15) is 25.2 Å². The maximum Gasteiger partial charge on any atom is 0.243 e. The standard InChI is InChI=1S/C19H22N4O4S3/c1-3-27-14-9-7-13(8-10-14)20-19(24)16(11-12-28-2)23-30(25,26)17-6-4-5-15-18(17)22-29-21-15/h4-10,16,23H,3,11-12H2,1-2H3,(H,20,24)/t16-/m0/s1. The van der Waals surface area contributed by atoms with Gasteiger partial charge in [0.15, 0.2) is 0 Å². The molecule has 0 aliphatic rings. The molecule has 0 spiro atoms. The number of carbonyl (C=O) groups is 1. The van der Waals surface area contributed by atoms with Crippen LogP contribution in [-0.2, 0) is 14.8 Å². The maximum absolute atomic E-state index is 13.0. The molecule has 0 fully saturated rings. The van der Waals surface area contributed by atoms with Gasteiger partial charge >= 0.3 is 0 Å². The van der Waals surface area contributed by atoms with Crippen molar-refractivity contribution in [3.8, 4) is 5.75 Å². The Morgan fingerprint density at radius 2 is 1.97 bits per heavy atom. The Bertz CT molecular complexity index is 1100. The van der Waals surface area contributed by atoms with Crippen molar-refractivity contribution in [3.63, 3.8) is 0 Å². The van der Waals surface area contributed by atoms with Crippen LogP contribution in [0, 0.1) is 0 Å². The number of aromatic nitrogens is 2. The van der Waals surface area contributed by atoms with Gasteiger partial charge in [-0.15, -0.1) is 0 Å². The first-order valence-corrected chi connectivity index (χ1v) is 12.8. The lowest BCUT2D eigenvalue weighted by Gasteiger charge is -2.18. The molecular weight excluding hydrogens is 444 g/mol. The molecule has 1 amide bonds. The lowest BCUT2D eigenvalue weighted by Crippen LogP contribution is -2.44. The Kier molecular flexibility index (Phi) is 7.64. The highest BCUT2D eigenvalue weighted by Crippen LogP contribution is 2.22. The van der Waals surface area contributed by atoms with Crippen LogP contribution in [0.1, 0.15) is 13.3 Å². The number of nitrogens with one attached hydrogen (secondary N) is 2. The van der Waals surface area contributed by atoms with Crippen molar-refractivity contribution in [3.05, 3.63) is 42.5 Å². The van der Waals surface area contributed by atoms with Crippen LogP contribution in [0.2, 0.25) is 0 Å². The van der Waals surface area contributed by atoms with Crippen molar-refractivity contribution in [2.75, 3.05) is 23.9 Å². The first-order valence-electron chi connectivity index (χ1n) is 9.21. The van der Waals surface area contributed by atoms with Crippen LogP contribution in [0.15, 0.2) is 47.4 Å². The van der Waals surface area contributed by atoms with Crippen molar-refractivity contribution in [1.29, 1.82) is 0 Å². The van der Waals surface area contributed by atoms with Gasteiger partial charge < -0.3 is 10.1 Å². The third-order valence-electron chi connectivity index (χ3n) is 4.20. The summed E-state index contributed by atoms with van der Waals surface area (Å²) in [7, 11) is -3.97. The van der Waals surface area contributed by atoms with E-state index in [2.05, 4.69) is 18.8 Å². The molecule has 3 rings (SSSR count). The lowest BCUT2D eigenvalue weighted by atomic mass is 10.2. The van der Waals surface area contributed by atoms with E-state index in [0.717, 1.165) is 11.7 Å². The normalized spacial score (nSPS) is 12.6. The largest absolute Gasteiger partial charge is 0.494 e. The molecule has 3 aromatic rings.